The van der Waals surface area contributed by atoms with E-state index in [2.05, 4.69) is 15.4 Å². The fourth-order valence-corrected chi connectivity index (χ4v) is 2.58. The number of nitro benzene ring substituents is 1. The molecule has 2 heterocycles. The van der Waals surface area contributed by atoms with Crippen LogP contribution in [0.3, 0.4) is 0 Å². The molecule has 0 saturated heterocycles. The SMILES string of the molecule is COc1nn(CCC(=O)Nc2cc(Oc3cccnc3)cc([N+](=O)[O-])c2)cc1[N+](=O)[O-]. The van der Waals surface area contributed by atoms with Gasteiger partial charge in [-0.3, -0.25) is 34.7 Å². The first kappa shape index (κ1) is 21.2. The molecule has 3 rings (SSSR count). The lowest BCUT2D eigenvalue weighted by Gasteiger charge is -2.09. The van der Waals surface area contributed by atoms with Crippen LogP contribution in [-0.4, -0.2) is 37.6 Å². The Balaban J connectivity index is 1.70. The number of methoxy groups -OCH3 is 1. The van der Waals surface area contributed by atoms with E-state index < -0.39 is 15.8 Å². The Bertz CT molecular complexity index is 1120. The van der Waals surface area contributed by atoms with Crippen LogP contribution >= 0.6 is 0 Å². The van der Waals surface area contributed by atoms with Crippen LogP contribution in [0.15, 0.2) is 48.9 Å². The summed E-state index contributed by atoms with van der Waals surface area (Å²) >= 11 is 0. The van der Waals surface area contributed by atoms with E-state index in [9.17, 15) is 25.0 Å². The van der Waals surface area contributed by atoms with E-state index in [1.54, 1.807) is 18.3 Å². The third kappa shape index (κ3) is 5.50. The monoisotopic (exact) mass is 428 g/mol. The number of carbonyl (C=O) groups excluding carboxylic acids is 1. The van der Waals surface area contributed by atoms with E-state index in [1.165, 1.54) is 36.2 Å². The summed E-state index contributed by atoms with van der Waals surface area (Å²) in [4.78, 5) is 37.1. The molecule has 2 aromatic heterocycles. The van der Waals surface area contributed by atoms with Gasteiger partial charge < -0.3 is 14.8 Å². The summed E-state index contributed by atoms with van der Waals surface area (Å²) in [6, 6.07) is 7.11. The molecule has 160 valence electrons. The van der Waals surface area contributed by atoms with E-state index in [1.807, 2.05) is 0 Å². The summed E-state index contributed by atoms with van der Waals surface area (Å²) in [7, 11) is 1.25. The Labute approximate surface area is 174 Å². The summed E-state index contributed by atoms with van der Waals surface area (Å²) in [5.74, 6) is -0.134. The molecule has 1 amide bonds. The second-order valence-electron chi connectivity index (χ2n) is 6.11. The zero-order valence-corrected chi connectivity index (χ0v) is 16.1. The second kappa shape index (κ2) is 9.30. The zero-order valence-electron chi connectivity index (χ0n) is 16.1. The van der Waals surface area contributed by atoms with Crippen molar-refractivity contribution >= 4 is 23.0 Å². The van der Waals surface area contributed by atoms with Gasteiger partial charge in [0.2, 0.25) is 5.91 Å². The molecule has 0 atom stereocenters. The van der Waals surface area contributed by atoms with Gasteiger partial charge in [0.05, 0.1) is 41.5 Å². The minimum Gasteiger partial charge on any atom is -0.475 e. The molecule has 0 unspecified atom stereocenters. The number of aryl methyl sites for hydroxylation is 1. The number of non-ortho nitro benzene ring substituents is 1. The quantitative estimate of drug-likeness (QED) is 0.398. The number of nitrogens with one attached hydrogen (secondary N) is 1. The second-order valence-corrected chi connectivity index (χ2v) is 6.11. The first-order valence-electron chi connectivity index (χ1n) is 8.78. The number of hydrogen-bond donors (Lipinski definition) is 1. The van der Waals surface area contributed by atoms with Gasteiger partial charge in [-0.1, -0.05) is 0 Å². The summed E-state index contributed by atoms with van der Waals surface area (Å²) in [6.07, 6.45) is 4.05. The first-order valence-corrected chi connectivity index (χ1v) is 8.78. The van der Waals surface area contributed by atoms with Crippen LogP contribution in [0.5, 0.6) is 17.4 Å². The number of carbonyl (C=O) groups is 1. The molecule has 0 spiro atoms. The molecule has 0 radical (unpaired) electrons. The van der Waals surface area contributed by atoms with Crippen LogP contribution < -0.4 is 14.8 Å². The average Bonchev–Trinajstić information content (AvgIpc) is 3.16. The molecule has 0 saturated carbocycles. The Morgan fingerprint density at radius 3 is 2.61 bits per heavy atom. The number of aromatic nitrogens is 3. The summed E-state index contributed by atoms with van der Waals surface area (Å²) in [5.41, 5.74) is -0.440. The third-order valence-electron chi connectivity index (χ3n) is 3.92. The third-order valence-corrected chi connectivity index (χ3v) is 3.92. The smallest absolute Gasteiger partial charge is 0.350 e. The number of hydrogen-bond acceptors (Lipinski definition) is 9. The van der Waals surface area contributed by atoms with Crippen molar-refractivity contribution in [3.63, 3.8) is 0 Å². The molecule has 0 aliphatic carbocycles. The average molecular weight is 428 g/mol. The Hall–Kier alpha value is -4.55. The van der Waals surface area contributed by atoms with Crippen molar-refractivity contribution in [3.8, 4) is 17.4 Å². The number of amides is 1. The van der Waals surface area contributed by atoms with Gasteiger partial charge in [-0.05, 0) is 12.1 Å². The molecule has 0 aliphatic rings. The minimum atomic E-state index is -0.644. The van der Waals surface area contributed by atoms with Crippen LogP contribution in [-0.2, 0) is 11.3 Å². The van der Waals surface area contributed by atoms with Crippen molar-refractivity contribution in [2.24, 2.45) is 0 Å². The van der Waals surface area contributed by atoms with Crippen LogP contribution in [0, 0.1) is 20.2 Å². The maximum atomic E-state index is 12.3. The highest BCUT2D eigenvalue weighted by molar-refractivity contribution is 5.91. The van der Waals surface area contributed by atoms with E-state index in [-0.39, 0.29) is 41.7 Å². The standard InChI is InChI=1S/C18H16N6O7/c1-30-18-16(24(28)29)11-22(21-18)6-4-17(25)20-12-7-13(23(26)27)9-15(8-12)31-14-3-2-5-19-10-14/h2-3,5,7-11H,4,6H2,1H3,(H,20,25). The molecule has 13 nitrogen and oxygen atoms in total. The molecular weight excluding hydrogens is 412 g/mol. The molecule has 0 aliphatic heterocycles. The molecule has 1 N–H and O–H groups in total. The normalized spacial score (nSPS) is 10.4. The number of benzene rings is 1. The maximum absolute atomic E-state index is 12.3. The zero-order chi connectivity index (χ0) is 22.4. The van der Waals surface area contributed by atoms with Crippen molar-refractivity contribution in [2.45, 2.75) is 13.0 Å². The lowest BCUT2D eigenvalue weighted by Crippen LogP contribution is -2.15. The fourth-order valence-electron chi connectivity index (χ4n) is 2.58. The van der Waals surface area contributed by atoms with E-state index in [4.69, 9.17) is 9.47 Å². The van der Waals surface area contributed by atoms with Gasteiger partial charge >= 0.3 is 11.6 Å². The van der Waals surface area contributed by atoms with Gasteiger partial charge in [0.1, 0.15) is 17.7 Å². The first-order chi connectivity index (χ1) is 14.9. The van der Waals surface area contributed by atoms with Gasteiger partial charge in [0.25, 0.3) is 5.69 Å². The fraction of sp³-hybridized carbons (Fsp3) is 0.167. The van der Waals surface area contributed by atoms with Crippen LogP contribution in [0.1, 0.15) is 6.42 Å². The van der Waals surface area contributed by atoms with Gasteiger partial charge in [0, 0.05) is 24.8 Å². The topological polar surface area (TPSA) is 165 Å². The number of nitrogens with zero attached hydrogens (tertiary/aromatic N) is 5. The number of pyridine rings is 1. The van der Waals surface area contributed by atoms with Gasteiger partial charge in [-0.15, -0.1) is 5.10 Å². The highest BCUT2D eigenvalue weighted by atomic mass is 16.6. The van der Waals surface area contributed by atoms with Crippen molar-refractivity contribution in [2.75, 3.05) is 12.4 Å². The van der Waals surface area contributed by atoms with Crippen molar-refractivity contribution in [1.82, 2.24) is 14.8 Å². The molecule has 0 bridgehead atoms. The van der Waals surface area contributed by atoms with Crippen molar-refractivity contribution < 1.29 is 24.1 Å². The van der Waals surface area contributed by atoms with Crippen LogP contribution in [0.25, 0.3) is 0 Å². The highest BCUT2D eigenvalue weighted by Crippen LogP contribution is 2.29. The molecule has 3 aromatic rings. The largest absolute Gasteiger partial charge is 0.475 e. The summed E-state index contributed by atoms with van der Waals surface area (Å²) < 4.78 is 11.6. The number of ether oxygens (including phenoxy) is 2. The van der Waals surface area contributed by atoms with Gasteiger partial charge in [0.15, 0.2) is 0 Å². The Morgan fingerprint density at radius 2 is 2.00 bits per heavy atom. The number of rotatable bonds is 9. The molecule has 13 heteroatoms. The van der Waals surface area contributed by atoms with Crippen molar-refractivity contribution in [3.05, 3.63) is 69.2 Å². The highest BCUT2D eigenvalue weighted by Gasteiger charge is 2.20. The van der Waals surface area contributed by atoms with Crippen molar-refractivity contribution in [1.29, 1.82) is 0 Å². The number of nitro groups is 2. The van der Waals surface area contributed by atoms with Gasteiger partial charge in [-0.25, -0.2) is 0 Å². The molecular formula is C18H16N6O7. The molecule has 31 heavy (non-hydrogen) atoms. The molecule has 1 aromatic carbocycles. The molecule has 0 fully saturated rings. The Morgan fingerprint density at radius 1 is 1.19 bits per heavy atom. The lowest BCUT2D eigenvalue weighted by molar-refractivity contribution is -0.385. The predicted octanol–water partition coefficient (Wildman–Crippen LogP) is 2.92. The number of anilines is 1. The van der Waals surface area contributed by atoms with E-state index >= 15 is 0 Å². The summed E-state index contributed by atoms with van der Waals surface area (Å²) in [5, 5.41) is 28.6. The minimum absolute atomic E-state index is 0.0317. The Kier molecular flexibility index (Phi) is 6.35. The van der Waals surface area contributed by atoms with Gasteiger partial charge in [-0.2, -0.15) is 0 Å². The lowest BCUT2D eigenvalue weighted by atomic mass is 10.2. The van der Waals surface area contributed by atoms with Crippen LogP contribution in [0.2, 0.25) is 0 Å². The predicted molar refractivity (Wildman–Crippen MR) is 106 cm³/mol. The van der Waals surface area contributed by atoms with E-state index in [0.717, 1.165) is 6.20 Å². The van der Waals surface area contributed by atoms with E-state index in [0.29, 0.717) is 5.75 Å². The van der Waals surface area contributed by atoms with Crippen LogP contribution in [0.4, 0.5) is 17.1 Å². The maximum Gasteiger partial charge on any atom is 0.350 e. The summed E-state index contributed by atoms with van der Waals surface area (Å²) in [6.45, 7) is 0.0317.